The van der Waals surface area contributed by atoms with Gasteiger partial charge in [0.2, 0.25) is 0 Å². The number of nitrogens with one attached hydrogen (secondary N) is 1. The van der Waals surface area contributed by atoms with E-state index >= 15 is 0 Å². The van der Waals surface area contributed by atoms with E-state index in [4.69, 9.17) is 5.73 Å². The van der Waals surface area contributed by atoms with Gasteiger partial charge in [-0.05, 0) is 24.9 Å². The zero-order chi connectivity index (χ0) is 15.2. The Bertz CT molecular complexity index is 873. The summed E-state index contributed by atoms with van der Waals surface area (Å²) in [5.41, 5.74) is 8.15. The van der Waals surface area contributed by atoms with E-state index in [1.165, 1.54) is 0 Å². The van der Waals surface area contributed by atoms with E-state index in [1.807, 2.05) is 35.8 Å². The van der Waals surface area contributed by atoms with Crippen LogP contribution in [-0.2, 0) is 6.54 Å². The summed E-state index contributed by atoms with van der Waals surface area (Å²) >= 11 is 0. The van der Waals surface area contributed by atoms with Gasteiger partial charge in [-0.3, -0.25) is 9.89 Å². The summed E-state index contributed by atoms with van der Waals surface area (Å²) < 4.78 is 1.83. The molecule has 0 bridgehead atoms. The highest BCUT2D eigenvalue weighted by Gasteiger charge is 2.21. The van der Waals surface area contributed by atoms with Crippen LogP contribution in [-0.4, -0.2) is 21.3 Å². The first-order valence-corrected chi connectivity index (χ1v) is 7.11. The third-order valence-electron chi connectivity index (χ3n) is 3.99. The Morgan fingerprint density at radius 3 is 2.76 bits per heavy atom. The predicted molar refractivity (Wildman–Crippen MR) is 85.4 cm³/mol. The maximum absolute atomic E-state index is 12.9. The fourth-order valence-electron chi connectivity index (χ4n) is 2.69. The molecular formula is C16H20N4O. The lowest BCUT2D eigenvalue weighted by molar-refractivity contribution is 0.319. The minimum absolute atomic E-state index is 0.00326. The Kier molecular flexibility index (Phi) is 3.10. The fourth-order valence-corrected chi connectivity index (χ4v) is 2.69. The highest BCUT2D eigenvalue weighted by molar-refractivity contribution is 6.03. The van der Waals surface area contributed by atoms with E-state index in [-0.39, 0.29) is 11.0 Å². The predicted octanol–water partition coefficient (Wildman–Crippen LogP) is 2.17. The zero-order valence-corrected chi connectivity index (χ0v) is 12.6. The van der Waals surface area contributed by atoms with Crippen molar-refractivity contribution in [3.05, 3.63) is 40.3 Å². The largest absolute Gasteiger partial charge is 0.330 e. The van der Waals surface area contributed by atoms with Crippen molar-refractivity contribution in [3.63, 3.8) is 0 Å². The summed E-state index contributed by atoms with van der Waals surface area (Å²) in [5, 5.41) is 8.89. The number of nitrogens with two attached hydrogens (primary N) is 1. The number of hydrogen-bond donors (Lipinski definition) is 2. The molecule has 1 aromatic carbocycles. The second-order valence-corrected chi connectivity index (χ2v) is 6.35. The van der Waals surface area contributed by atoms with Gasteiger partial charge in [0.1, 0.15) is 5.52 Å². The van der Waals surface area contributed by atoms with Crippen LogP contribution in [0.4, 0.5) is 0 Å². The number of nitrogens with zero attached hydrogens (tertiary/aromatic N) is 2. The number of aromatic amines is 1. The third-order valence-corrected chi connectivity index (χ3v) is 3.99. The standard InChI is InChI=1S/C16H20N4O/c1-10-13-14(19-18-10)11-6-4-5-7-12(11)20(15(13)21)9-16(2,3)8-17/h4-7H,8-9,17H2,1-3H3,(H,18,19). The monoisotopic (exact) mass is 284 g/mol. The normalized spacial score (nSPS) is 12.4. The van der Waals surface area contributed by atoms with Crippen molar-refractivity contribution in [3.8, 4) is 0 Å². The molecule has 21 heavy (non-hydrogen) atoms. The van der Waals surface area contributed by atoms with Crippen LogP contribution in [0.15, 0.2) is 29.1 Å². The second kappa shape index (κ2) is 4.70. The number of benzene rings is 1. The highest BCUT2D eigenvalue weighted by Crippen LogP contribution is 2.25. The molecule has 0 fully saturated rings. The van der Waals surface area contributed by atoms with Crippen molar-refractivity contribution in [2.24, 2.45) is 11.1 Å². The Labute approximate surface area is 122 Å². The Balaban J connectivity index is 2.43. The molecule has 110 valence electrons. The molecule has 3 aromatic rings. The maximum atomic E-state index is 12.9. The van der Waals surface area contributed by atoms with Crippen molar-refractivity contribution in [1.82, 2.24) is 14.8 Å². The number of hydrogen-bond acceptors (Lipinski definition) is 3. The van der Waals surface area contributed by atoms with Crippen LogP contribution >= 0.6 is 0 Å². The summed E-state index contributed by atoms with van der Waals surface area (Å²) in [6, 6.07) is 7.88. The van der Waals surface area contributed by atoms with Crippen LogP contribution < -0.4 is 11.3 Å². The first-order chi connectivity index (χ1) is 9.94. The van der Waals surface area contributed by atoms with Gasteiger partial charge in [0, 0.05) is 17.6 Å². The van der Waals surface area contributed by atoms with Crippen LogP contribution in [0.5, 0.6) is 0 Å². The first-order valence-electron chi connectivity index (χ1n) is 7.11. The number of aromatic nitrogens is 3. The molecule has 0 saturated heterocycles. The zero-order valence-electron chi connectivity index (χ0n) is 12.6. The number of fused-ring (bicyclic) bond motifs is 3. The molecule has 0 spiro atoms. The molecule has 0 saturated carbocycles. The molecule has 5 nitrogen and oxygen atoms in total. The second-order valence-electron chi connectivity index (χ2n) is 6.35. The molecule has 0 atom stereocenters. The number of para-hydroxylation sites is 1. The summed E-state index contributed by atoms with van der Waals surface area (Å²) in [5.74, 6) is 0. The van der Waals surface area contributed by atoms with Crippen molar-refractivity contribution in [2.45, 2.75) is 27.3 Å². The van der Waals surface area contributed by atoms with E-state index < -0.39 is 0 Å². The molecule has 0 aliphatic heterocycles. The van der Waals surface area contributed by atoms with Crippen LogP contribution in [0.3, 0.4) is 0 Å². The summed E-state index contributed by atoms with van der Waals surface area (Å²) in [4.78, 5) is 12.9. The number of aryl methyl sites for hydroxylation is 1. The van der Waals surface area contributed by atoms with Gasteiger partial charge in [0.15, 0.2) is 0 Å². The van der Waals surface area contributed by atoms with Gasteiger partial charge in [-0.2, -0.15) is 5.10 Å². The van der Waals surface area contributed by atoms with Crippen LogP contribution in [0.25, 0.3) is 21.8 Å². The summed E-state index contributed by atoms with van der Waals surface area (Å²) in [6.45, 7) is 7.13. The molecule has 0 unspecified atom stereocenters. The summed E-state index contributed by atoms with van der Waals surface area (Å²) in [6.07, 6.45) is 0. The fraction of sp³-hybridized carbons (Fsp3) is 0.375. The van der Waals surface area contributed by atoms with Crippen molar-refractivity contribution in [2.75, 3.05) is 6.54 Å². The molecule has 2 heterocycles. The lowest BCUT2D eigenvalue weighted by Crippen LogP contribution is -2.34. The smallest absolute Gasteiger partial charge is 0.262 e. The van der Waals surface area contributed by atoms with Gasteiger partial charge in [-0.1, -0.05) is 32.0 Å². The average molecular weight is 284 g/mol. The Morgan fingerprint density at radius 2 is 2.05 bits per heavy atom. The molecule has 2 aromatic heterocycles. The number of pyridine rings is 1. The lowest BCUT2D eigenvalue weighted by atomic mass is 9.93. The maximum Gasteiger partial charge on any atom is 0.262 e. The van der Waals surface area contributed by atoms with Gasteiger partial charge >= 0.3 is 0 Å². The molecule has 3 rings (SSSR count). The lowest BCUT2D eigenvalue weighted by Gasteiger charge is -2.24. The SMILES string of the molecule is Cc1[nH]nc2c1c(=O)n(CC(C)(C)CN)c1ccccc21. The Morgan fingerprint density at radius 1 is 1.33 bits per heavy atom. The van der Waals surface area contributed by atoms with Crippen LogP contribution in [0.1, 0.15) is 19.5 Å². The van der Waals surface area contributed by atoms with Gasteiger partial charge in [-0.25, -0.2) is 0 Å². The quantitative estimate of drug-likeness (QED) is 0.774. The molecule has 0 radical (unpaired) electrons. The number of rotatable bonds is 3. The van der Waals surface area contributed by atoms with E-state index in [1.54, 1.807) is 0 Å². The Hall–Kier alpha value is -2.14. The van der Waals surface area contributed by atoms with Crippen molar-refractivity contribution >= 4 is 21.8 Å². The first kappa shape index (κ1) is 13.8. The molecular weight excluding hydrogens is 264 g/mol. The molecule has 0 aliphatic carbocycles. The van der Waals surface area contributed by atoms with Gasteiger partial charge in [0.25, 0.3) is 5.56 Å². The van der Waals surface area contributed by atoms with Crippen molar-refractivity contribution < 1.29 is 0 Å². The topological polar surface area (TPSA) is 76.7 Å². The van der Waals surface area contributed by atoms with E-state index in [2.05, 4.69) is 24.0 Å². The van der Waals surface area contributed by atoms with Crippen LogP contribution in [0.2, 0.25) is 0 Å². The molecule has 0 aliphatic rings. The minimum atomic E-state index is -0.141. The van der Waals surface area contributed by atoms with Crippen LogP contribution in [0, 0.1) is 12.3 Å². The summed E-state index contributed by atoms with van der Waals surface area (Å²) in [7, 11) is 0. The molecule has 3 N–H and O–H groups in total. The van der Waals surface area contributed by atoms with E-state index in [0.29, 0.717) is 18.5 Å². The number of H-pyrrole nitrogens is 1. The van der Waals surface area contributed by atoms with E-state index in [0.717, 1.165) is 22.1 Å². The highest BCUT2D eigenvalue weighted by atomic mass is 16.1. The average Bonchev–Trinajstić information content (AvgIpc) is 2.86. The molecule has 0 amide bonds. The van der Waals surface area contributed by atoms with E-state index in [9.17, 15) is 4.79 Å². The van der Waals surface area contributed by atoms with Gasteiger partial charge in [0.05, 0.1) is 10.9 Å². The molecule has 5 heteroatoms. The minimum Gasteiger partial charge on any atom is -0.330 e. The van der Waals surface area contributed by atoms with Gasteiger partial charge in [-0.15, -0.1) is 0 Å². The third kappa shape index (κ3) is 2.14. The van der Waals surface area contributed by atoms with Crippen molar-refractivity contribution in [1.29, 1.82) is 0 Å². The van der Waals surface area contributed by atoms with Gasteiger partial charge < -0.3 is 10.3 Å².